The number of carbonyl (C=O) groups is 1. The van der Waals surface area contributed by atoms with Crippen LogP contribution in [-0.4, -0.2) is 37.4 Å². The quantitative estimate of drug-likeness (QED) is 0.757. The molecule has 2 N–H and O–H groups in total. The van der Waals surface area contributed by atoms with E-state index in [1.807, 2.05) is 0 Å². The first kappa shape index (κ1) is 15.2. The number of halogens is 2. The first-order valence-electron chi connectivity index (χ1n) is 5.57. The normalized spacial score (nSPS) is 10.4. The zero-order valence-electron chi connectivity index (χ0n) is 9.79. The highest BCUT2D eigenvalue weighted by molar-refractivity contribution is 6.39. The van der Waals surface area contributed by atoms with Crippen LogP contribution in [0.15, 0.2) is 18.2 Å². The summed E-state index contributed by atoms with van der Waals surface area (Å²) in [5.41, 5.74) is 0.289. The Labute approximate surface area is 116 Å². The maximum Gasteiger partial charge on any atom is 0.254 e. The first-order valence-corrected chi connectivity index (χ1v) is 6.33. The Morgan fingerprint density at radius 3 is 2.56 bits per heavy atom. The fourth-order valence-electron chi connectivity index (χ4n) is 1.35. The predicted octanol–water partition coefficient (Wildman–Crippen LogP) is 2.12. The molecule has 18 heavy (non-hydrogen) atoms. The maximum absolute atomic E-state index is 11.8. The van der Waals surface area contributed by atoms with Crippen molar-refractivity contribution in [2.24, 2.45) is 0 Å². The van der Waals surface area contributed by atoms with Crippen LogP contribution < -0.4 is 5.32 Å². The smallest absolute Gasteiger partial charge is 0.254 e. The third-order valence-corrected chi connectivity index (χ3v) is 2.81. The third kappa shape index (κ3) is 4.82. The highest BCUT2D eigenvalue weighted by Crippen LogP contribution is 2.23. The van der Waals surface area contributed by atoms with Crippen molar-refractivity contribution in [2.75, 3.05) is 26.4 Å². The van der Waals surface area contributed by atoms with Gasteiger partial charge in [0.05, 0.1) is 28.8 Å². The van der Waals surface area contributed by atoms with Crippen LogP contribution >= 0.6 is 23.2 Å². The van der Waals surface area contributed by atoms with Crippen molar-refractivity contribution in [3.63, 3.8) is 0 Å². The van der Waals surface area contributed by atoms with Gasteiger partial charge in [-0.1, -0.05) is 29.3 Å². The van der Waals surface area contributed by atoms with Crippen molar-refractivity contribution in [3.05, 3.63) is 33.8 Å². The van der Waals surface area contributed by atoms with Gasteiger partial charge in [-0.15, -0.1) is 0 Å². The molecule has 0 heterocycles. The van der Waals surface area contributed by atoms with Gasteiger partial charge >= 0.3 is 0 Å². The number of aliphatic hydroxyl groups excluding tert-OH is 1. The molecule has 100 valence electrons. The Kier molecular flexibility index (Phi) is 7.05. The van der Waals surface area contributed by atoms with Gasteiger partial charge in [-0.3, -0.25) is 4.79 Å². The van der Waals surface area contributed by atoms with Gasteiger partial charge in [0.25, 0.3) is 5.91 Å². The lowest BCUT2D eigenvalue weighted by molar-refractivity contribution is 0.0868. The number of rotatable bonds is 7. The molecule has 6 heteroatoms. The van der Waals surface area contributed by atoms with Gasteiger partial charge < -0.3 is 15.2 Å². The summed E-state index contributed by atoms with van der Waals surface area (Å²) in [6, 6.07) is 4.92. The van der Waals surface area contributed by atoms with Crippen molar-refractivity contribution in [3.8, 4) is 0 Å². The molecule has 0 fully saturated rings. The number of nitrogens with one attached hydrogen (secondary N) is 1. The summed E-state index contributed by atoms with van der Waals surface area (Å²) in [6.07, 6.45) is 0.661. The monoisotopic (exact) mass is 291 g/mol. The van der Waals surface area contributed by atoms with Gasteiger partial charge in [0.15, 0.2) is 0 Å². The summed E-state index contributed by atoms with van der Waals surface area (Å²) in [5.74, 6) is -0.298. The Bertz CT molecular complexity index is 379. The molecule has 1 aromatic rings. The van der Waals surface area contributed by atoms with Crippen LogP contribution in [0.5, 0.6) is 0 Å². The lowest BCUT2D eigenvalue weighted by atomic mass is 10.2. The average Bonchev–Trinajstić information content (AvgIpc) is 2.33. The van der Waals surface area contributed by atoms with E-state index < -0.39 is 0 Å². The lowest BCUT2D eigenvalue weighted by Crippen LogP contribution is -2.26. The minimum Gasteiger partial charge on any atom is -0.394 e. The van der Waals surface area contributed by atoms with Gasteiger partial charge in [0.1, 0.15) is 0 Å². The molecule has 0 saturated carbocycles. The molecule has 0 saturated heterocycles. The van der Waals surface area contributed by atoms with Crippen LogP contribution in [0.4, 0.5) is 0 Å². The number of aliphatic hydroxyl groups is 1. The fraction of sp³-hybridized carbons (Fsp3) is 0.417. The lowest BCUT2D eigenvalue weighted by Gasteiger charge is -2.08. The molecule has 0 aliphatic carbocycles. The molecular weight excluding hydrogens is 277 g/mol. The number of hydrogen-bond acceptors (Lipinski definition) is 3. The number of amides is 1. The highest BCUT2D eigenvalue weighted by atomic mass is 35.5. The number of ether oxygens (including phenoxy) is 1. The van der Waals surface area contributed by atoms with Crippen molar-refractivity contribution in [1.29, 1.82) is 0 Å². The molecular formula is C12H15Cl2NO3. The maximum atomic E-state index is 11.8. The Hall–Kier alpha value is -0.810. The minimum absolute atomic E-state index is 0.00158. The van der Waals surface area contributed by atoms with E-state index in [-0.39, 0.29) is 18.1 Å². The van der Waals surface area contributed by atoms with Crippen LogP contribution in [0.25, 0.3) is 0 Å². The highest BCUT2D eigenvalue weighted by Gasteiger charge is 2.13. The second-order valence-electron chi connectivity index (χ2n) is 3.54. The summed E-state index contributed by atoms with van der Waals surface area (Å²) < 4.78 is 5.06. The van der Waals surface area contributed by atoms with Crippen molar-refractivity contribution in [1.82, 2.24) is 5.32 Å². The van der Waals surface area contributed by atoms with Gasteiger partial charge in [0.2, 0.25) is 0 Å². The largest absolute Gasteiger partial charge is 0.394 e. The summed E-state index contributed by atoms with van der Waals surface area (Å²) >= 11 is 11.8. The SMILES string of the molecule is O=C(NCCCOCCO)c1c(Cl)cccc1Cl. The summed E-state index contributed by atoms with van der Waals surface area (Å²) in [7, 11) is 0. The van der Waals surface area contributed by atoms with E-state index in [4.69, 9.17) is 33.0 Å². The second kappa shape index (κ2) is 8.32. The molecule has 0 bridgehead atoms. The summed E-state index contributed by atoms with van der Waals surface area (Å²) in [5, 5.41) is 11.9. The van der Waals surface area contributed by atoms with Gasteiger partial charge in [-0.05, 0) is 18.6 Å². The van der Waals surface area contributed by atoms with E-state index in [9.17, 15) is 4.79 Å². The van der Waals surface area contributed by atoms with Crippen molar-refractivity contribution in [2.45, 2.75) is 6.42 Å². The van der Waals surface area contributed by atoms with Gasteiger partial charge in [0, 0.05) is 13.2 Å². The summed E-state index contributed by atoms with van der Waals surface area (Å²) in [4.78, 5) is 11.8. The number of hydrogen-bond donors (Lipinski definition) is 2. The standard InChI is InChI=1S/C12H15Cl2NO3/c13-9-3-1-4-10(14)11(9)12(17)15-5-2-7-18-8-6-16/h1,3-4,16H,2,5-8H2,(H,15,17). The predicted molar refractivity (Wildman–Crippen MR) is 71.3 cm³/mol. The Morgan fingerprint density at radius 2 is 1.94 bits per heavy atom. The van der Waals surface area contributed by atoms with E-state index in [1.54, 1.807) is 18.2 Å². The van der Waals surface area contributed by atoms with Crippen LogP contribution in [0, 0.1) is 0 Å². The minimum atomic E-state index is -0.298. The Balaban J connectivity index is 2.37. The number of carbonyl (C=O) groups excluding carboxylic acids is 1. The van der Waals surface area contributed by atoms with Crippen LogP contribution in [0.2, 0.25) is 10.0 Å². The fourth-order valence-corrected chi connectivity index (χ4v) is 1.91. The van der Waals surface area contributed by atoms with Crippen LogP contribution in [0.3, 0.4) is 0 Å². The molecule has 0 spiro atoms. The molecule has 1 amide bonds. The van der Waals surface area contributed by atoms with Crippen molar-refractivity contribution >= 4 is 29.1 Å². The van der Waals surface area contributed by atoms with E-state index in [2.05, 4.69) is 5.32 Å². The third-order valence-electron chi connectivity index (χ3n) is 2.18. The average molecular weight is 292 g/mol. The number of benzene rings is 1. The van der Waals surface area contributed by atoms with E-state index >= 15 is 0 Å². The molecule has 0 radical (unpaired) electrons. The van der Waals surface area contributed by atoms with Gasteiger partial charge in [-0.2, -0.15) is 0 Å². The molecule has 1 aromatic carbocycles. The zero-order valence-corrected chi connectivity index (χ0v) is 11.3. The van der Waals surface area contributed by atoms with Crippen LogP contribution in [0.1, 0.15) is 16.8 Å². The van der Waals surface area contributed by atoms with Gasteiger partial charge in [-0.25, -0.2) is 0 Å². The molecule has 0 atom stereocenters. The second-order valence-corrected chi connectivity index (χ2v) is 4.36. The molecule has 0 aliphatic heterocycles. The molecule has 4 nitrogen and oxygen atoms in total. The molecule has 1 rings (SSSR count). The van der Waals surface area contributed by atoms with E-state index in [0.717, 1.165) is 0 Å². The zero-order chi connectivity index (χ0) is 13.4. The topological polar surface area (TPSA) is 58.6 Å². The van der Waals surface area contributed by atoms with E-state index in [1.165, 1.54) is 0 Å². The molecule has 0 aliphatic rings. The molecule has 0 aromatic heterocycles. The molecule has 0 unspecified atom stereocenters. The van der Waals surface area contributed by atoms with E-state index in [0.29, 0.717) is 36.2 Å². The van der Waals surface area contributed by atoms with Crippen molar-refractivity contribution < 1.29 is 14.6 Å². The van der Waals surface area contributed by atoms with Crippen LogP contribution in [-0.2, 0) is 4.74 Å². The Morgan fingerprint density at radius 1 is 1.28 bits per heavy atom. The summed E-state index contributed by atoms with van der Waals surface area (Å²) in [6.45, 7) is 1.26. The first-order chi connectivity index (χ1) is 8.66.